The summed E-state index contributed by atoms with van der Waals surface area (Å²) in [4.78, 5) is 4.25. The topological polar surface area (TPSA) is 48.1 Å². The molecular weight excluding hydrogens is 248 g/mol. The number of aromatic nitrogens is 1. The van der Waals surface area contributed by atoms with E-state index in [0.29, 0.717) is 11.8 Å². The van der Waals surface area contributed by atoms with E-state index in [0.717, 1.165) is 16.9 Å². The van der Waals surface area contributed by atoms with E-state index in [1.54, 1.807) is 6.20 Å². The average molecular weight is 270 g/mol. The van der Waals surface area contributed by atoms with E-state index in [-0.39, 0.29) is 6.04 Å². The van der Waals surface area contributed by atoms with Crippen LogP contribution in [0.5, 0.6) is 11.6 Å². The maximum Gasteiger partial charge on any atom is 0.219 e. The molecule has 1 heterocycles. The lowest BCUT2D eigenvalue weighted by Crippen LogP contribution is -2.05. The molecule has 3 nitrogen and oxygen atoms in total. The summed E-state index contributed by atoms with van der Waals surface area (Å²) in [7, 11) is 0. The fourth-order valence-electron chi connectivity index (χ4n) is 1.96. The molecule has 2 rings (SSSR count). The first-order valence-corrected chi connectivity index (χ1v) is 6.97. The lowest BCUT2D eigenvalue weighted by Gasteiger charge is -2.13. The predicted octanol–water partition coefficient (Wildman–Crippen LogP) is 4.33. The van der Waals surface area contributed by atoms with Gasteiger partial charge in [-0.2, -0.15) is 0 Å². The number of nitrogens with two attached hydrogens (primary N) is 1. The number of rotatable bonds is 4. The highest BCUT2D eigenvalue weighted by molar-refractivity contribution is 5.40. The van der Waals surface area contributed by atoms with Crippen LogP contribution in [0.2, 0.25) is 0 Å². The molecule has 20 heavy (non-hydrogen) atoms. The zero-order valence-corrected chi connectivity index (χ0v) is 12.6. The summed E-state index contributed by atoms with van der Waals surface area (Å²) in [5.41, 5.74) is 9.27. The van der Waals surface area contributed by atoms with Gasteiger partial charge in [-0.1, -0.05) is 26.0 Å². The average Bonchev–Trinajstić information content (AvgIpc) is 2.41. The molecule has 2 N–H and O–H groups in total. The summed E-state index contributed by atoms with van der Waals surface area (Å²) < 4.78 is 5.92. The molecule has 1 aromatic carbocycles. The zero-order chi connectivity index (χ0) is 14.7. The first-order chi connectivity index (χ1) is 9.47. The summed E-state index contributed by atoms with van der Waals surface area (Å²) in [6.45, 7) is 8.32. The standard InChI is InChI=1S/C17H22N2O/c1-11(2)14-6-5-12(3)16(9-14)20-17-10-15(13(4)18)7-8-19-17/h5-11,13H,18H2,1-4H3/t13-/m1/s1. The van der Waals surface area contributed by atoms with E-state index < -0.39 is 0 Å². The van der Waals surface area contributed by atoms with Gasteiger partial charge in [-0.25, -0.2) is 4.98 Å². The van der Waals surface area contributed by atoms with Crippen molar-refractivity contribution in [3.63, 3.8) is 0 Å². The highest BCUT2D eigenvalue weighted by atomic mass is 16.5. The Balaban J connectivity index is 2.29. The van der Waals surface area contributed by atoms with Crippen LogP contribution in [0.4, 0.5) is 0 Å². The largest absolute Gasteiger partial charge is 0.439 e. The van der Waals surface area contributed by atoms with Gasteiger partial charge in [0.05, 0.1) is 0 Å². The molecule has 0 saturated carbocycles. The van der Waals surface area contributed by atoms with Crippen molar-refractivity contribution in [1.29, 1.82) is 0 Å². The summed E-state index contributed by atoms with van der Waals surface area (Å²) in [6, 6.07) is 10.1. The minimum absolute atomic E-state index is 0.0246. The van der Waals surface area contributed by atoms with E-state index in [1.165, 1.54) is 5.56 Å². The van der Waals surface area contributed by atoms with Crippen molar-refractivity contribution >= 4 is 0 Å². The Hall–Kier alpha value is -1.87. The Morgan fingerprint density at radius 1 is 1.05 bits per heavy atom. The first kappa shape index (κ1) is 14.5. The molecule has 0 bridgehead atoms. The van der Waals surface area contributed by atoms with Gasteiger partial charge >= 0.3 is 0 Å². The number of benzene rings is 1. The monoisotopic (exact) mass is 270 g/mol. The Morgan fingerprint density at radius 2 is 1.80 bits per heavy atom. The van der Waals surface area contributed by atoms with Gasteiger partial charge in [-0.15, -0.1) is 0 Å². The zero-order valence-electron chi connectivity index (χ0n) is 12.6. The van der Waals surface area contributed by atoms with Crippen LogP contribution in [0.25, 0.3) is 0 Å². The van der Waals surface area contributed by atoms with Crippen molar-refractivity contribution in [2.45, 2.75) is 39.7 Å². The van der Waals surface area contributed by atoms with Crippen LogP contribution in [0, 0.1) is 6.92 Å². The molecular formula is C17H22N2O. The van der Waals surface area contributed by atoms with Crippen LogP contribution >= 0.6 is 0 Å². The fraction of sp³-hybridized carbons (Fsp3) is 0.353. The van der Waals surface area contributed by atoms with Gasteiger partial charge in [0, 0.05) is 18.3 Å². The van der Waals surface area contributed by atoms with Crippen molar-refractivity contribution in [1.82, 2.24) is 4.98 Å². The lowest BCUT2D eigenvalue weighted by molar-refractivity contribution is 0.457. The minimum Gasteiger partial charge on any atom is -0.439 e. The molecule has 106 valence electrons. The summed E-state index contributed by atoms with van der Waals surface area (Å²) in [6.07, 6.45) is 1.73. The van der Waals surface area contributed by atoms with Gasteiger partial charge in [0.2, 0.25) is 5.88 Å². The molecule has 0 unspecified atom stereocenters. The van der Waals surface area contributed by atoms with Crippen LogP contribution in [0.1, 0.15) is 49.4 Å². The molecule has 2 aromatic rings. The maximum absolute atomic E-state index is 5.92. The van der Waals surface area contributed by atoms with E-state index in [2.05, 4.69) is 37.0 Å². The van der Waals surface area contributed by atoms with Gasteiger partial charge in [-0.05, 0) is 48.6 Å². The van der Waals surface area contributed by atoms with Gasteiger partial charge in [0.15, 0.2) is 0 Å². The maximum atomic E-state index is 5.92. The third-order valence-electron chi connectivity index (χ3n) is 3.38. The van der Waals surface area contributed by atoms with Crippen LogP contribution in [-0.2, 0) is 0 Å². The van der Waals surface area contributed by atoms with Gasteiger partial charge in [-0.3, -0.25) is 0 Å². The molecule has 0 aliphatic heterocycles. The van der Waals surface area contributed by atoms with Crippen molar-refractivity contribution in [3.8, 4) is 11.6 Å². The third-order valence-corrected chi connectivity index (χ3v) is 3.38. The Kier molecular flexibility index (Phi) is 4.40. The number of nitrogens with zero attached hydrogens (tertiary/aromatic N) is 1. The van der Waals surface area contributed by atoms with Crippen LogP contribution < -0.4 is 10.5 Å². The van der Waals surface area contributed by atoms with Crippen LogP contribution in [-0.4, -0.2) is 4.98 Å². The number of pyridine rings is 1. The van der Waals surface area contributed by atoms with E-state index >= 15 is 0 Å². The van der Waals surface area contributed by atoms with Gasteiger partial charge in [0.1, 0.15) is 5.75 Å². The minimum atomic E-state index is -0.0246. The molecule has 1 atom stereocenters. The molecule has 0 spiro atoms. The highest BCUT2D eigenvalue weighted by Gasteiger charge is 2.08. The Morgan fingerprint density at radius 3 is 2.45 bits per heavy atom. The molecule has 0 saturated heterocycles. The third kappa shape index (κ3) is 3.36. The second kappa shape index (κ2) is 6.06. The van der Waals surface area contributed by atoms with E-state index in [9.17, 15) is 0 Å². The second-order valence-corrected chi connectivity index (χ2v) is 5.50. The van der Waals surface area contributed by atoms with Crippen molar-refractivity contribution in [2.75, 3.05) is 0 Å². The molecule has 3 heteroatoms. The number of hydrogen-bond acceptors (Lipinski definition) is 3. The van der Waals surface area contributed by atoms with Gasteiger partial charge < -0.3 is 10.5 Å². The number of aryl methyl sites for hydroxylation is 1. The summed E-state index contributed by atoms with van der Waals surface area (Å²) in [5.74, 6) is 1.91. The smallest absolute Gasteiger partial charge is 0.219 e. The van der Waals surface area contributed by atoms with Crippen molar-refractivity contribution in [2.24, 2.45) is 5.73 Å². The van der Waals surface area contributed by atoms with Crippen molar-refractivity contribution < 1.29 is 4.74 Å². The highest BCUT2D eigenvalue weighted by Crippen LogP contribution is 2.28. The van der Waals surface area contributed by atoms with E-state index in [4.69, 9.17) is 10.5 Å². The number of hydrogen-bond donors (Lipinski definition) is 1. The quantitative estimate of drug-likeness (QED) is 0.899. The second-order valence-electron chi connectivity index (χ2n) is 5.50. The predicted molar refractivity (Wildman–Crippen MR) is 82.2 cm³/mol. The molecule has 0 radical (unpaired) electrons. The lowest BCUT2D eigenvalue weighted by atomic mass is 10.0. The molecule has 0 aliphatic rings. The molecule has 0 aliphatic carbocycles. The summed E-state index contributed by atoms with van der Waals surface area (Å²) >= 11 is 0. The molecule has 0 fully saturated rings. The van der Waals surface area contributed by atoms with Crippen LogP contribution in [0.3, 0.4) is 0 Å². The number of ether oxygens (including phenoxy) is 1. The van der Waals surface area contributed by atoms with E-state index in [1.807, 2.05) is 26.0 Å². The Labute approximate surface area is 120 Å². The SMILES string of the molecule is Cc1ccc(C(C)C)cc1Oc1cc([C@@H](C)N)ccn1. The summed E-state index contributed by atoms with van der Waals surface area (Å²) in [5, 5.41) is 0. The van der Waals surface area contributed by atoms with Gasteiger partial charge in [0.25, 0.3) is 0 Å². The molecule has 0 amide bonds. The fourth-order valence-corrected chi connectivity index (χ4v) is 1.96. The Bertz CT molecular complexity index is 591. The normalized spacial score (nSPS) is 12.5. The first-order valence-electron chi connectivity index (χ1n) is 6.97. The van der Waals surface area contributed by atoms with Crippen molar-refractivity contribution in [3.05, 3.63) is 53.2 Å². The molecule has 1 aromatic heterocycles. The van der Waals surface area contributed by atoms with Crippen LogP contribution in [0.15, 0.2) is 36.5 Å².